The van der Waals surface area contributed by atoms with Gasteiger partial charge in [0, 0.05) is 24.1 Å². The van der Waals surface area contributed by atoms with Crippen LogP contribution in [0.4, 0.5) is 0 Å². The Morgan fingerprint density at radius 3 is 2.62 bits per heavy atom. The normalized spacial score (nSPS) is 11.3. The molecule has 3 rings (SSSR count). The molecule has 0 aliphatic rings. The molecular formula is C17H17N2O2. The van der Waals surface area contributed by atoms with Crippen molar-refractivity contribution in [2.75, 3.05) is 0 Å². The Balaban J connectivity index is 2.47. The largest absolute Gasteiger partial charge is 0.461 e. The molecule has 0 bridgehead atoms. The second-order valence-electron chi connectivity index (χ2n) is 5.50. The van der Waals surface area contributed by atoms with Crippen molar-refractivity contribution in [3.8, 4) is 11.1 Å². The number of benzene rings is 1. The van der Waals surface area contributed by atoms with Crippen molar-refractivity contribution >= 4 is 11.0 Å². The number of hydrogen-bond acceptors (Lipinski definition) is 3. The van der Waals surface area contributed by atoms with Gasteiger partial charge in [0.1, 0.15) is 11.3 Å². The Kier molecular flexibility index (Phi) is 2.97. The average Bonchev–Trinajstić information content (AvgIpc) is 2.70. The van der Waals surface area contributed by atoms with Crippen molar-refractivity contribution < 1.29 is 4.42 Å². The van der Waals surface area contributed by atoms with Gasteiger partial charge in [0.15, 0.2) is 0 Å². The molecular weight excluding hydrogens is 264 g/mol. The molecule has 3 aromatic rings. The summed E-state index contributed by atoms with van der Waals surface area (Å²) < 4.78 is 7.21. The van der Waals surface area contributed by atoms with Crippen LogP contribution in [0.1, 0.15) is 22.6 Å². The first-order valence-electron chi connectivity index (χ1n) is 6.86. The van der Waals surface area contributed by atoms with Gasteiger partial charge in [-0.25, -0.2) is 4.68 Å². The van der Waals surface area contributed by atoms with E-state index in [1.807, 2.05) is 33.8 Å². The summed E-state index contributed by atoms with van der Waals surface area (Å²) in [4.78, 5) is 12.4. The van der Waals surface area contributed by atoms with Crippen LogP contribution in [0.2, 0.25) is 0 Å². The Morgan fingerprint density at radius 2 is 1.90 bits per heavy atom. The van der Waals surface area contributed by atoms with Crippen LogP contribution < -0.4 is 5.56 Å². The van der Waals surface area contributed by atoms with Crippen LogP contribution in [0.3, 0.4) is 0 Å². The van der Waals surface area contributed by atoms with Gasteiger partial charge in [0.05, 0.1) is 11.3 Å². The Morgan fingerprint density at radius 1 is 1.19 bits per heavy atom. The van der Waals surface area contributed by atoms with E-state index in [0.717, 1.165) is 33.4 Å². The topological polar surface area (TPSA) is 48.0 Å². The first-order valence-corrected chi connectivity index (χ1v) is 6.86. The van der Waals surface area contributed by atoms with Crippen molar-refractivity contribution in [1.82, 2.24) is 9.78 Å². The first-order chi connectivity index (χ1) is 9.88. The van der Waals surface area contributed by atoms with Gasteiger partial charge >= 0.3 is 0 Å². The van der Waals surface area contributed by atoms with E-state index in [0.29, 0.717) is 11.3 Å². The van der Waals surface area contributed by atoms with Crippen molar-refractivity contribution in [2.24, 2.45) is 7.05 Å². The number of hydrogen-bond donors (Lipinski definition) is 0. The van der Waals surface area contributed by atoms with Gasteiger partial charge in [0.2, 0.25) is 0 Å². The zero-order valence-corrected chi connectivity index (χ0v) is 12.9. The Bertz CT molecular complexity index is 917. The van der Waals surface area contributed by atoms with Crippen molar-refractivity contribution in [2.45, 2.75) is 27.7 Å². The monoisotopic (exact) mass is 281 g/mol. The van der Waals surface area contributed by atoms with Gasteiger partial charge in [-0.15, -0.1) is 0 Å². The molecule has 0 aliphatic carbocycles. The van der Waals surface area contributed by atoms with Crippen molar-refractivity contribution in [3.05, 3.63) is 51.1 Å². The van der Waals surface area contributed by atoms with Gasteiger partial charge in [-0.3, -0.25) is 4.79 Å². The molecule has 0 saturated carbocycles. The molecule has 107 valence electrons. The third-order valence-electron chi connectivity index (χ3n) is 3.67. The van der Waals surface area contributed by atoms with E-state index in [2.05, 4.69) is 17.2 Å². The van der Waals surface area contributed by atoms with Gasteiger partial charge in [-0.05, 0) is 44.9 Å². The van der Waals surface area contributed by atoms with E-state index in [-0.39, 0.29) is 5.56 Å². The number of furan rings is 1. The summed E-state index contributed by atoms with van der Waals surface area (Å²) in [6, 6.07) is 7.18. The first kappa shape index (κ1) is 13.6. The fraction of sp³-hybridized carbons (Fsp3) is 0.294. The smallest absolute Gasteiger partial charge is 0.275 e. The molecule has 1 aromatic carbocycles. The van der Waals surface area contributed by atoms with E-state index in [1.54, 1.807) is 7.05 Å². The van der Waals surface area contributed by atoms with Crippen LogP contribution >= 0.6 is 0 Å². The summed E-state index contributed by atoms with van der Waals surface area (Å²) in [5, 5.41) is 5.09. The summed E-state index contributed by atoms with van der Waals surface area (Å²) in [6.45, 7) is 7.78. The number of fused-ring (bicyclic) bond motifs is 1. The maximum atomic E-state index is 12.4. The summed E-state index contributed by atoms with van der Waals surface area (Å²) in [7, 11) is 1.65. The van der Waals surface area contributed by atoms with Crippen LogP contribution in [-0.4, -0.2) is 9.78 Å². The average molecular weight is 281 g/mol. The maximum absolute atomic E-state index is 12.4. The highest BCUT2D eigenvalue weighted by atomic mass is 16.3. The zero-order chi connectivity index (χ0) is 15.3. The van der Waals surface area contributed by atoms with E-state index >= 15 is 0 Å². The third kappa shape index (κ3) is 2.07. The van der Waals surface area contributed by atoms with Gasteiger partial charge in [-0.1, -0.05) is 6.07 Å². The highest BCUT2D eigenvalue weighted by Gasteiger charge is 2.19. The quantitative estimate of drug-likeness (QED) is 0.688. The molecule has 0 atom stereocenters. The van der Waals surface area contributed by atoms with Crippen LogP contribution in [0.15, 0.2) is 21.3 Å². The summed E-state index contributed by atoms with van der Waals surface area (Å²) in [5.74, 6) is 0.734. The number of aromatic nitrogens is 2. The SMILES string of the molecule is Cc1cc(C)c2c(-c3[c]c(C)nn(C)c3=O)c(C)oc2c1. The minimum absolute atomic E-state index is 0.161. The highest BCUT2D eigenvalue weighted by molar-refractivity contribution is 5.98. The van der Waals surface area contributed by atoms with Crippen molar-refractivity contribution in [1.29, 1.82) is 0 Å². The highest BCUT2D eigenvalue weighted by Crippen LogP contribution is 2.35. The number of aryl methyl sites for hydroxylation is 5. The second-order valence-corrected chi connectivity index (χ2v) is 5.50. The lowest BCUT2D eigenvalue weighted by Crippen LogP contribution is -2.22. The molecule has 0 fully saturated rings. The standard InChI is InChI=1S/C17H17N2O2/c1-9-6-10(2)15-14(7-9)21-12(4)16(15)13-8-11(3)18-19(5)17(13)20/h6-7H,1-5H3. The van der Waals surface area contributed by atoms with Crippen LogP contribution in [0.5, 0.6) is 0 Å². The minimum atomic E-state index is -0.161. The molecule has 0 aliphatic heterocycles. The van der Waals surface area contributed by atoms with Gasteiger partial charge < -0.3 is 4.42 Å². The Labute approximate surface area is 123 Å². The predicted molar refractivity (Wildman–Crippen MR) is 82.5 cm³/mol. The molecule has 2 aromatic heterocycles. The number of rotatable bonds is 1. The van der Waals surface area contributed by atoms with Gasteiger partial charge in [0.25, 0.3) is 5.56 Å². The number of nitrogens with zero attached hydrogens (tertiary/aromatic N) is 2. The molecule has 0 N–H and O–H groups in total. The van der Waals surface area contributed by atoms with Crippen LogP contribution in [-0.2, 0) is 7.05 Å². The maximum Gasteiger partial charge on any atom is 0.275 e. The molecule has 0 spiro atoms. The molecule has 0 amide bonds. The second kappa shape index (κ2) is 4.58. The molecule has 4 nitrogen and oxygen atoms in total. The minimum Gasteiger partial charge on any atom is -0.461 e. The fourth-order valence-electron chi connectivity index (χ4n) is 2.88. The molecule has 2 heterocycles. The van der Waals surface area contributed by atoms with E-state index in [1.165, 1.54) is 4.68 Å². The molecule has 1 radical (unpaired) electrons. The van der Waals surface area contributed by atoms with E-state index in [9.17, 15) is 4.79 Å². The predicted octanol–water partition coefficient (Wildman–Crippen LogP) is 3.23. The molecule has 4 heteroatoms. The summed E-state index contributed by atoms with van der Waals surface area (Å²) >= 11 is 0. The molecule has 0 saturated heterocycles. The zero-order valence-electron chi connectivity index (χ0n) is 12.9. The van der Waals surface area contributed by atoms with Crippen LogP contribution in [0, 0.1) is 33.8 Å². The third-order valence-corrected chi connectivity index (χ3v) is 3.67. The van der Waals surface area contributed by atoms with E-state index < -0.39 is 0 Å². The lowest BCUT2D eigenvalue weighted by Gasteiger charge is -2.05. The lowest BCUT2D eigenvalue weighted by molar-refractivity contribution is 0.579. The molecule has 0 unspecified atom stereocenters. The van der Waals surface area contributed by atoms with Crippen LogP contribution in [0.25, 0.3) is 22.1 Å². The summed E-state index contributed by atoms with van der Waals surface area (Å²) in [5.41, 5.74) is 4.92. The molecule has 21 heavy (non-hydrogen) atoms. The Hall–Kier alpha value is -2.36. The van der Waals surface area contributed by atoms with E-state index in [4.69, 9.17) is 4.42 Å². The van der Waals surface area contributed by atoms with Gasteiger partial charge in [-0.2, -0.15) is 5.10 Å². The lowest BCUT2D eigenvalue weighted by atomic mass is 9.99. The van der Waals surface area contributed by atoms with Crippen molar-refractivity contribution in [3.63, 3.8) is 0 Å². The fourth-order valence-corrected chi connectivity index (χ4v) is 2.88. The summed E-state index contributed by atoms with van der Waals surface area (Å²) in [6.07, 6.45) is 0.